The van der Waals surface area contributed by atoms with Crippen molar-refractivity contribution in [1.29, 1.82) is 0 Å². The highest BCUT2D eigenvalue weighted by Crippen LogP contribution is 2.13. The lowest BCUT2D eigenvalue weighted by atomic mass is 10.1. The van der Waals surface area contributed by atoms with E-state index in [1.165, 1.54) is 6.42 Å². The van der Waals surface area contributed by atoms with Gasteiger partial charge in [-0.1, -0.05) is 50.6 Å². The average Bonchev–Trinajstić information content (AvgIpc) is 2.60. The smallest absolute Gasteiger partial charge is 0.254 e. The molecule has 0 aromatic heterocycles. The SMILES string of the molecule is CCC.O=C1CC(=Cc2ccccc2)C(=O)N1. The Morgan fingerprint density at radius 3 is 2.24 bits per heavy atom. The number of carbonyl (C=O) groups excluding carboxylic acids is 2. The van der Waals surface area contributed by atoms with Crippen molar-refractivity contribution in [2.24, 2.45) is 0 Å². The number of carbonyl (C=O) groups is 2. The van der Waals surface area contributed by atoms with Gasteiger partial charge in [-0.05, 0) is 11.6 Å². The van der Waals surface area contributed by atoms with Crippen molar-refractivity contribution < 1.29 is 9.59 Å². The van der Waals surface area contributed by atoms with Crippen LogP contribution in [0.3, 0.4) is 0 Å². The second kappa shape index (κ2) is 6.63. The summed E-state index contributed by atoms with van der Waals surface area (Å²) in [6.45, 7) is 4.25. The molecule has 90 valence electrons. The van der Waals surface area contributed by atoms with E-state index in [2.05, 4.69) is 19.2 Å². The first-order valence-electron chi connectivity index (χ1n) is 5.77. The van der Waals surface area contributed by atoms with E-state index in [4.69, 9.17) is 0 Å². The summed E-state index contributed by atoms with van der Waals surface area (Å²) in [5.74, 6) is -0.504. The van der Waals surface area contributed by atoms with Crippen LogP contribution in [0, 0.1) is 0 Å². The topological polar surface area (TPSA) is 46.2 Å². The second-order valence-corrected chi connectivity index (χ2v) is 3.84. The molecule has 1 fully saturated rings. The Kier molecular flexibility index (Phi) is 5.14. The van der Waals surface area contributed by atoms with Crippen molar-refractivity contribution in [2.75, 3.05) is 0 Å². The van der Waals surface area contributed by atoms with Gasteiger partial charge in [0.1, 0.15) is 0 Å². The van der Waals surface area contributed by atoms with E-state index in [0.717, 1.165) is 5.56 Å². The highest BCUT2D eigenvalue weighted by Gasteiger charge is 2.23. The molecule has 1 aromatic carbocycles. The predicted octanol–water partition coefficient (Wildman–Crippen LogP) is 2.53. The number of hydrogen-bond donors (Lipinski definition) is 1. The Balaban J connectivity index is 0.000000437. The first-order chi connectivity index (χ1) is 8.17. The van der Waals surface area contributed by atoms with E-state index >= 15 is 0 Å². The van der Waals surface area contributed by atoms with Crippen LogP contribution in [-0.2, 0) is 9.59 Å². The molecule has 17 heavy (non-hydrogen) atoms. The summed E-state index contributed by atoms with van der Waals surface area (Å²) in [4.78, 5) is 22.1. The number of imide groups is 1. The molecule has 0 aliphatic carbocycles. The van der Waals surface area contributed by atoms with Gasteiger partial charge in [-0.2, -0.15) is 0 Å². The monoisotopic (exact) mass is 231 g/mol. The fourth-order valence-electron chi connectivity index (χ4n) is 1.37. The van der Waals surface area contributed by atoms with Crippen molar-refractivity contribution in [2.45, 2.75) is 26.7 Å². The summed E-state index contributed by atoms with van der Waals surface area (Å²) >= 11 is 0. The first-order valence-corrected chi connectivity index (χ1v) is 5.77. The number of benzene rings is 1. The van der Waals surface area contributed by atoms with Gasteiger partial charge in [0.2, 0.25) is 5.91 Å². The highest BCUT2D eigenvalue weighted by molar-refractivity contribution is 6.15. The summed E-state index contributed by atoms with van der Waals surface area (Å²) in [5, 5.41) is 2.24. The van der Waals surface area contributed by atoms with Crippen LogP contribution >= 0.6 is 0 Å². The fraction of sp³-hybridized carbons (Fsp3) is 0.286. The zero-order chi connectivity index (χ0) is 12.7. The van der Waals surface area contributed by atoms with Crippen LogP contribution in [0.1, 0.15) is 32.3 Å². The molecule has 0 radical (unpaired) electrons. The molecule has 2 rings (SSSR count). The molecule has 0 spiro atoms. The van der Waals surface area contributed by atoms with Crippen LogP contribution < -0.4 is 5.32 Å². The van der Waals surface area contributed by atoms with Gasteiger partial charge in [-0.15, -0.1) is 0 Å². The molecule has 1 aliphatic rings. The minimum atomic E-state index is -0.279. The van der Waals surface area contributed by atoms with Gasteiger partial charge in [0, 0.05) is 5.57 Å². The number of hydrogen-bond acceptors (Lipinski definition) is 2. The summed E-state index contributed by atoms with van der Waals surface area (Å²) in [5.41, 5.74) is 1.47. The molecule has 0 atom stereocenters. The van der Waals surface area contributed by atoms with Crippen molar-refractivity contribution >= 4 is 17.9 Å². The van der Waals surface area contributed by atoms with Crippen LogP contribution in [0.5, 0.6) is 0 Å². The Morgan fingerprint density at radius 2 is 1.76 bits per heavy atom. The molecule has 1 aromatic rings. The molecule has 0 saturated carbocycles. The maximum Gasteiger partial charge on any atom is 0.254 e. The molecular weight excluding hydrogens is 214 g/mol. The van der Waals surface area contributed by atoms with E-state index in [-0.39, 0.29) is 18.2 Å². The van der Waals surface area contributed by atoms with Gasteiger partial charge in [-0.3, -0.25) is 14.9 Å². The zero-order valence-corrected chi connectivity index (χ0v) is 10.2. The van der Waals surface area contributed by atoms with Crippen molar-refractivity contribution in [3.63, 3.8) is 0 Å². The Morgan fingerprint density at radius 1 is 1.18 bits per heavy atom. The van der Waals surface area contributed by atoms with Crippen LogP contribution in [0.15, 0.2) is 35.9 Å². The maximum atomic E-state index is 11.2. The van der Waals surface area contributed by atoms with Crippen LogP contribution in [0.2, 0.25) is 0 Å². The van der Waals surface area contributed by atoms with Gasteiger partial charge < -0.3 is 0 Å². The lowest BCUT2D eigenvalue weighted by molar-refractivity contribution is -0.124. The zero-order valence-electron chi connectivity index (χ0n) is 10.2. The third kappa shape index (κ3) is 4.23. The van der Waals surface area contributed by atoms with Gasteiger partial charge in [0.05, 0.1) is 6.42 Å². The number of nitrogens with one attached hydrogen (secondary N) is 1. The highest BCUT2D eigenvalue weighted by atomic mass is 16.2. The number of rotatable bonds is 1. The normalized spacial score (nSPS) is 16.5. The second-order valence-electron chi connectivity index (χ2n) is 3.84. The van der Waals surface area contributed by atoms with E-state index in [0.29, 0.717) is 5.57 Å². The summed E-state index contributed by atoms with van der Waals surface area (Å²) in [6, 6.07) is 9.47. The molecule has 1 N–H and O–H groups in total. The van der Waals surface area contributed by atoms with Gasteiger partial charge in [0.15, 0.2) is 0 Å². The molecule has 3 heteroatoms. The molecule has 2 amide bonds. The summed E-state index contributed by atoms with van der Waals surface area (Å²) in [7, 11) is 0. The largest absolute Gasteiger partial charge is 0.292 e. The molecule has 1 aliphatic heterocycles. The van der Waals surface area contributed by atoms with Crippen LogP contribution in [-0.4, -0.2) is 11.8 Å². The van der Waals surface area contributed by atoms with Crippen molar-refractivity contribution in [1.82, 2.24) is 5.32 Å². The first kappa shape index (κ1) is 13.2. The molecule has 0 unspecified atom stereocenters. The predicted molar refractivity (Wildman–Crippen MR) is 68.2 cm³/mol. The third-order valence-electron chi connectivity index (χ3n) is 2.04. The van der Waals surface area contributed by atoms with E-state index in [9.17, 15) is 9.59 Å². The lowest BCUT2D eigenvalue weighted by Gasteiger charge is -1.93. The third-order valence-corrected chi connectivity index (χ3v) is 2.04. The Labute approximate surface area is 102 Å². The van der Waals surface area contributed by atoms with E-state index in [1.54, 1.807) is 6.08 Å². The minimum absolute atomic E-state index is 0.188. The minimum Gasteiger partial charge on any atom is -0.292 e. The Hall–Kier alpha value is -1.90. The molecule has 3 nitrogen and oxygen atoms in total. The number of amides is 2. The molecule has 1 heterocycles. The maximum absolute atomic E-state index is 11.2. The molecule has 1 saturated heterocycles. The van der Waals surface area contributed by atoms with Gasteiger partial charge >= 0.3 is 0 Å². The van der Waals surface area contributed by atoms with Crippen LogP contribution in [0.4, 0.5) is 0 Å². The Bertz CT molecular complexity index is 421. The van der Waals surface area contributed by atoms with Crippen LogP contribution in [0.25, 0.3) is 6.08 Å². The van der Waals surface area contributed by atoms with Gasteiger partial charge in [0.25, 0.3) is 5.91 Å². The quantitative estimate of drug-likeness (QED) is 0.596. The lowest BCUT2D eigenvalue weighted by Crippen LogP contribution is -2.19. The van der Waals surface area contributed by atoms with E-state index in [1.807, 2.05) is 30.3 Å². The molecule has 0 bridgehead atoms. The van der Waals surface area contributed by atoms with Crippen molar-refractivity contribution in [3.05, 3.63) is 41.5 Å². The average molecular weight is 231 g/mol. The van der Waals surface area contributed by atoms with E-state index < -0.39 is 0 Å². The summed E-state index contributed by atoms with van der Waals surface area (Å²) < 4.78 is 0. The fourth-order valence-corrected chi connectivity index (χ4v) is 1.37. The summed E-state index contributed by atoms with van der Waals surface area (Å²) in [6.07, 6.45) is 3.17. The van der Waals surface area contributed by atoms with Gasteiger partial charge in [-0.25, -0.2) is 0 Å². The standard InChI is InChI=1S/C11H9NO2.C3H8/c13-10-7-9(11(14)12-10)6-8-4-2-1-3-5-8;1-3-2/h1-6H,7H2,(H,12,13,14);3H2,1-2H3. The molecular formula is C14H17NO2. The van der Waals surface area contributed by atoms with Crippen molar-refractivity contribution in [3.8, 4) is 0 Å².